The summed E-state index contributed by atoms with van der Waals surface area (Å²) in [6.45, 7) is 3.64. The summed E-state index contributed by atoms with van der Waals surface area (Å²) in [5.74, 6) is -1.65. The van der Waals surface area contributed by atoms with Crippen molar-refractivity contribution in [1.82, 2.24) is 20.5 Å². The first-order chi connectivity index (χ1) is 17.8. The molecule has 202 valence electrons. The van der Waals surface area contributed by atoms with Crippen LogP contribution in [0.5, 0.6) is 5.75 Å². The lowest BCUT2D eigenvalue weighted by Crippen LogP contribution is -2.60. The number of nitrogens with one attached hydrogen (secondary N) is 3. The molecular formula is C26H27ClF3N5O3. The van der Waals surface area contributed by atoms with Gasteiger partial charge in [0.2, 0.25) is 11.8 Å². The van der Waals surface area contributed by atoms with Crippen molar-refractivity contribution in [2.24, 2.45) is 11.8 Å². The van der Waals surface area contributed by atoms with E-state index in [-0.39, 0.29) is 30.0 Å². The SMILES string of the molecule is CC1(C)CC(=O)N([C@H](c2cncc(Cl)c2)[C@@H]2C[C@H]2C(=O)N[C@H]2C[C@H](C(F)(F)F)Oc3ccccc32)C(=N)N1. The number of hydrogen-bond acceptors (Lipinski definition) is 5. The highest BCUT2D eigenvalue weighted by Crippen LogP contribution is 2.52. The fourth-order valence-electron chi connectivity index (χ4n) is 5.38. The molecule has 0 spiro atoms. The van der Waals surface area contributed by atoms with Crippen LogP contribution in [0.1, 0.15) is 56.3 Å². The van der Waals surface area contributed by atoms with Gasteiger partial charge in [0.15, 0.2) is 12.1 Å². The molecule has 8 nitrogen and oxygen atoms in total. The van der Waals surface area contributed by atoms with E-state index < -0.39 is 48.1 Å². The van der Waals surface area contributed by atoms with E-state index in [9.17, 15) is 22.8 Å². The Morgan fingerprint density at radius 3 is 2.71 bits per heavy atom. The molecule has 2 fully saturated rings. The molecule has 0 unspecified atom stereocenters. The van der Waals surface area contributed by atoms with E-state index in [2.05, 4.69) is 15.6 Å². The first kappa shape index (κ1) is 26.3. The molecule has 38 heavy (non-hydrogen) atoms. The summed E-state index contributed by atoms with van der Waals surface area (Å²) in [6.07, 6.45) is -3.54. The first-order valence-electron chi connectivity index (χ1n) is 12.3. The molecule has 2 aromatic rings. The van der Waals surface area contributed by atoms with Gasteiger partial charge in [0.05, 0.1) is 17.1 Å². The summed E-state index contributed by atoms with van der Waals surface area (Å²) >= 11 is 6.18. The van der Waals surface area contributed by atoms with E-state index in [1.807, 2.05) is 13.8 Å². The van der Waals surface area contributed by atoms with Crippen LogP contribution in [0.2, 0.25) is 5.02 Å². The van der Waals surface area contributed by atoms with Crippen LogP contribution >= 0.6 is 11.6 Å². The third kappa shape index (κ3) is 5.16. The van der Waals surface area contributed by atoms with E-state index >= 15 is 0 Å². The van der Waals surface area contributed by atoms with Gasteiger partial charge in [0.25, 0.3) is 0 Å². The fourth-order valence-corrected chi connectivity index (χ4v) is 5.57. The van der Waals surface area contributed by atoms with Gasteiger partial charge in [0, 0.05) is 42.3 Å². The Morgan fingerprint density at radius 1 is 1.29 bits per heavy atom. The molecular weight excluding hydrogens is 523 g/mol. The minimum atomic E-state index is -4.58. The van der Waals surface area contributed by atoms with Gasteiger partial charge in [-0.1, -0.05) is 29.8 Å². The number of halogens is 4. The number of ether oxygens (including phenoxy) is 1. The van der Waals surface area contributed by atoms with E-state index in [0.717, 1.165) is 0 Å². The normalized spacial score (nSPS) is 27.1. The molecule has 5 rings (SSSR count). The predicted molar refractivity (Wildman–Crippen MR) is 132 cm³/mol. The van der Waals surface area contributed by atoms with Crippen LogP contribution in [0.3, 0.4) is 0 Å². The van der Waals surface area contributed by atoms with Crippen molar-refractivity contribution < 1.29 is 27.5 Å². The molecule has 12 heteroatoms. The molecule has 3 N–H and O–H groups in total. The monoisotopic (exact) mass is 549 g/mol. The second-order valence-electron chi connectivity index (χ2n) is 10.7. The molecule has 3 heterocycles. The number of guanidine groups is 1. The molecule has 1 aliphatic carbocycles. The maximum atomic E-state index is 13.5. The van der Waals surface area contributed by atoms with E-state index in [4.69, 9.17) is 21.7 Å². The Morgan fingerprint density at radius 2 is 2.03 bits per heavy atom. The van der Waals surface area contributed by atoms with E-state index in [1.54, 1.807) is 30.5 Å². The fraction of sp³-hybridized carbons (Fsp3) is 0.462. The van der Waals surface area contributed by atoms with Crippen molar-refractivity contribution in [1.29, 1.82) is 5.41 Å². The molecule has 0 radical (unpaired) electrons. The zero-order chi connectivity index (χ0) is 27.4. The van der Waals surface area contributed by atoms with E-state index in [1.165, 1.54) is 17.2 Å². The molecule has 2 aliphatic heterocycles. The van der Waals surface area contributed by atoms with Gasteiger partial charge in [-0.2, -0.15) is 13.2 Å². The number of alkyl halides is 3. The van der Waals surface area contributed by atoms with Gasteiger partial charge >= 0.3 is 6.18 Å². The summed E-state index contributed by atoms with van der Waals surface area (Å²) in [4.78, 5) is 32.0. The van der Waals surface area contributed by atoms with Crippen molar-refractivity contribution in [2.75, 3.05) is 0 Å². The van der Waals surface area contributed by atoms with Gasteiger partial charge in [-0.3, -0.25) is 24.9 Å². The first-order valence-corrected chi connectivity index (χ1v) is 12.6. The number of carbonyl (C=O) groups excluding carboxylic acids is 2. The predicted octanol–water partition coefficient (Wildman–Crippen LogP) is 4.52. The Balaban J connectivity index is 1.39. The Bertz CT molecular complexity index is 1270. The number of hydrogen-bond donors (Lipinski definition) is 3. The second kappa shape index (κ2) is 9.44. The smallest absolute Gasteiger partial charge is 0.425 e. The van der Waals surface area contributed by atoms with Crippen LogP contribution in [-0.2, 0) is 9.59 Å². The maximum Gasteiger partial charge on any atom is 0.425 e. The Kier molecular flexibility index (Phi) is 6.53. The third-order valence-electron chi connectivity index (χ3n) is 7.18. The number of amides is 2. The lowest BCUT2D eigenvalue weighted by Gasteiger charge is -2.42. The van der Waals surface area contributed by atoms with Crippen molar-refractivity contribution in [3.8, 4) is 5.75 Å². The Hall–Kier alpha value is -3.34. The van der Waals surface area contributed by atoms with Gasteiger partial charge in [0.1, 0.15) is 5.75 Å². The number of pyridine rings is 1. The largest absolute Gasteiger partial charge is 0.480 e. The average Bonchev–Trinajstić information content (AvgIpc) is 3.60. The van der Waals surface area contributed by atoms with Crippen LogP contribution in [0, 0.1) is 17.2 Å². The van der Waals surface area contributed by atoms with Crippen LogP contribution in [0.25, 0.3) is 0 Å². The molecule has 1 saturated heterocycles. The van der Waals surface area contributed by atoms with Gasteiger partial charge in [-0.25, -0.2) is 0 Å². The number of carbonyl (C=O) groups is 2. The number of rotatable bonds is 5. The topological polar surface area (TPSA) is 107 Å². The molecule has 0 bridgehead atoms. The molecule has 1 aromatic carbocycles. The minimum Gasteiger partial charge on any atom is -0.480 e. The summed E-state index contributed by atoms with van der Waals surface area (Å²) in [5, 5.41) is 14.7. The van der Waals surface area contributed by atoms with Crippen LogP contribution in [0.15, 0.2) is 42.7 Å². The van der Waals surface area contributed by atoms with Crippen LogP contribution < -0.4 is 15.4 Å². The molecule has 3 aliphatic rings. The van der Waals surface area contributed by atoms with Crippen LogP contribution in [-0.4, -0.2) is 45.5 Å². The summed E-state index contributed by atoms with van der Waals surface area (Å²) in [5.41, 5.74) is 0.452. The standard InChI is InChI=1S/C26H27ClF3N5O3/c1-25(2)10-21(36)35(24(31)34-25)22(13-7-14(27)12-32-11-13)16-8-17(16)23(37)33-18-9-20(26(28,29)30)38-19-6-4-3-5-15(18)19/h3-7,11-12,16-18,20,22H,8-10H2,1-2H3,(H2,31,34)(H,33,37)/t16-,17-,18+,20-,22-/m1/s1. The zero-order valence-corrected chi connectivity index (χ0v) is 21.4. The lowest BCUT2D eigenvalue weighted by molar-refractivity contribution is -0.201. The van der Waals surface area contributed by atoms with Crippen molar-refractivity contribution >= 4 is 29.4 Å². The summed E-state index contributed by atoms with van der Waals surface area (Å²) in [6, 6.07) is 6.43. The quantitative estimate of drug-likeness (QED) is 0.508. The summed E-state index contributed by atoms with van der Waals surface area (Å²) in [7, 11) is 0. The van der Waals surface area contributed by atoms with E-state index in [0.29, 0.717) is 22.6 Å². The van der Waals surface area contributed by atoms with Gasteiger partial charge < -0.3 is 15.4 Å². The molecule has 1 aromatic heterocycles. The number of benzene rings is 1. The van der Waals surface area contributed by atoms with Crippen molar-refractivity contribution in [3.63, 3.8) is 0 Å². The highest BCUT2D eigenvalue weighted by Gasteiger charge is 2.54. The lowest BCUT2D eigenvalue weighted by atomic mass is 9.93. The average molecular weight is 550 g/mol. The molecule has 2 amide bonds. The number of nitrogens with zero attached hydrogens (tertiary/aromatic N) is 2. The van der Waals surface area contributed by atoms with Crippen molar-refractivity contribution in [3.05, 3.63) is 58.9 Å². The Labute approximate surface area is 222 Å². The zero-order valence-electron chi connectivity index (χ0n) is 20.7. The summed E-state index contributed by atoms with van der Waals surface area (Å²) < 4.78 is 45.7. The van der Waals surface area contributed by atoms with Gasteiger partial charge in [-0.15, -0.1) is 0 Å². The minimum absolute atomic E-state index is 0.0858. The molecule has 1 saturated carbocycles. The maximum absolute atomic E-state index is 13.5. The second-order valence-corrected chi connectivity index (χ2v) is 11.1. The van der Waals surface area contributed by atoms with Crippen LogP contribution in [0.4, 0.5) is 13.2 Å². The number of para-hydroxylation sites is 1. The van der Waals surface area contributed by atoms with Crippen molar-refractivity contribution in [2.45, 2.75) is 63.0 Å². The molecule has 5 atom stereocenters. The number of fused-ring (bicyclic) bond motifs is 1. The highest BCUT2D eigenvalue weighted by molar-refractivity contribution is 6.30. The number of aromatic nitrogens is 1. The highest BCUT2D eigenvalue weighted by atomic mass is 35.5. The van der Waals surface area contributed by atoms with Gasteiger partial charge in [-0.05, 0) is 43.9 Å². The third-order valence-corrected chi connectivity index (χ3v) is 7.39.